The van der Waals surface area contributed by atoms with Crippen molar-refractivity contribution in [1.29, 1.82) is 0 Å². The standard InChI is InChI=1S/C11H21BrN6/c1-5-18(8(2)6-17(3)4)11-9(12)10(16-13)14-7-15-11/h7-8H,5-6,13H2,1-4H3,(H,14,15,16). The number of nitrogens with zero attached hydrogens (tertiary/aromatic N) is 4. The maximum Gasteiger partial charge on any atom is 0.159 e. The van der Waals surface area contributed by atoms with Gasteiger partial charge >= 0.3 is 0 Å². The summed E-state index contributed by atoms with van der Waals surface area (Å²) >= 11 is 3.49. The zero-order valence-electron chi connectivity index (χ0n) is 11.3. The molecule has 6 nitrogen and oxygen atoms in total. The summed E-state index contributed by atoms with van der Waals surface area (Å²) in [4.78, 5) is 12.8. The predicted molar refractivity (Wildman–Crippen MR) is 78.6 cm³/mol. The van der Waals surface area contributed by atoms with Crippen LogP contribution in [-0.4, -0.2) is 48.1 Å². The minimum atomic E-state index is 0.349. The van der Waals surface area contributed by atoms with E-state index in [0.717, 1.165) is 23.4 Å². The highest BCUT2D eigenvalue weighted by Crippen LogP contribution is 2.29. The number of hydrazine groups is 1. The molecule has 102 valence electrons. The fraction of sp³-hybridized carbons (Fsp3) is 0.636. The van der Waals surface area contributed by atoms with Crippen LogP contribution in [0.3, 0.4) is 0 Å². The van der Waals surface area contributed by atoms with Crippen LogP contribution >= 0.6 is 15.9 Å². The van der Waals surface area contributed by atoms with Gasteiger partial charge in [0.05, 0.1) is 0 Å². The molecule has 0 aromatic carbocycles. The van der Waals surface area contributed by atoms with Crippen molar-refractivity contribution in [2.24, 2.45) is 5.84 Å². The van der Waals surface area contributed by atoms with Crippen LogP contribution < -0.4 is 16.2 Å². The zero-order chi connectivity index (χ0) is 13.7. The van der Waals surface area contributed by atoms with Crippen LogP contribution in [0.4, 0.5) is 11.6 Å². The fourth-order valence-corrected chi connectivity index (χ4v) is 2.51. The maximum absolute atomic E-state index is 5.42. The molecule has 1 heterocycles. The summed E-state index contributed by atoms with van der Waals surface area (Å²) in [5.74, 6) is 6.87. The van der Waals surface area contributed by atoms with E-state index in [2.05, 4.69) is 69.1 Å². The van der Waals surface area contributed by atoms with E-state index in [1.807, 2.05) is 0 Å². The summed E-state index contributed by atoms with van der Waals surface area (Å²) < 4.78 is 0.792. The highest BCUT2D eigenvalue weighted by molar-refractivity contribution is 9.10. The SMILES string of the molecule is CCN(c1ncnc(NN)c1Br)C(C)CN(C)C. The van der Waals surface area contributed by atoms with Gasteiger partial charge in [-0.05, 0) is 43.9 Å². The van der Waals surface area contributed by atoms with Gasteiger partial charge in [-0.2, -0.15) is 0 Å². The third-order valence-electron chi connectivity index (χ3n) is 2.68. The Kier molecular flexibility index (Phi) is 5.77. The average molecular weight is 317 g/mol. The van der Waals surface area contributed by atoms with Gasteiger partial charge in [-0.3, -0.25) is 0 Å². The summed E-state index contributed by atoms with van der Waals surface area (Å²) in [7, 11) is 4.12. The number of nitrogens with one attached hydrogen (secondary N) is 1. The Labute approximate surface area is 117 Å². The van der Waals surface area contributed by atoms with Crippen molar-refractivity contribution >= 4 is 27.6 Å². The number of hydrogen-bond acceptors (Lipinski definition) is 6. The first-order chi connectivity index (χ1) is 8.51. The number of likely N-dealkylation sites (N-methyl/N-ethyl adjacent to an activating group) is 2. The molecule has 0 saturated heterocycles. The monoisotopic (exact) mass is 316 g/mol. The molecule has 0 saturated carbocycles. The topological polar surface area (TPSA) is 70.3 Å². The fourth-order valence-electron chi connectivity index (χ4n) is 1.96. The first kappa shape index (κ1) is 15.1. The minimum absolute atomic E-state index is 0.349. The largest absolute Gasteiger partial charge is 0.352 e. The van der Waals surface area contributed by atoms with E-state index in [1.54, 1.807) is 0 Å². The molecule has 0 aliphatic heterocycles. The molecule has 7 heteroatoms. The van der Waals surface area contributed by atoms with Crippen molar-refractivity contribution in [2.75, 3.05) is 37.5 Å². The smallest absolute Gasteiger partial charge is 0.159 e. The van der Waals surface area contributed by atoms with Crippen molar-refractivity contribution in [3.8, 4) is 0 Å². The van der Waals surface area contributed by atoms with Gasteiger partial charge in [-0.25, -0.2) is 15.8 Å². The molecule has 0 aliphatic rings. The maximum atomic E-state index is 5.42. The molecule has 1 aromatic rings. The van der Waals surface area contributed by atoms with Crippen molar-refractivity contribution in [2.45, 2.75) is 19.9 Å². The Morgan fingerprint density at radius 1 is 1.44 bits per heavy atom. The molecule has 0 spiro atoms. The van der Waals surface area contributed by atoms with Crippen LogP contribution in [0.2, 0.25) is 0 Å². The van der Waals surface area contributed by atoms with Gasteiger partial charge in [0, 0.05) is 19.1 Å². The normalized spacial score (nSPS) is 12.6. The van der Waals surface area contributed by atoms with Crippen LogP contribution in [0.25, 0.3) is 0 Å². The quantitative estimate of drug-likeness (QED) is 0.609. The van der Waals surface area contributed by atoms with E-state index in [4.69, 9.17) is 5.84 Å². The van der Waals surface area contributed by atoms with Gasteiger partial charge in [0.2, 0.25) is 0 Å². The highest BCUT2D eigenvalue weighted by Gasteiger charge is 2.19. The van der Waals surface area contributed by atoms with Crippen LogP contribution in [0.1, 0.15) is 13.8 Å². The van der Waals surface area contributed by atoms with E-state index >= 15 is 0 Å². The number of anilines is 2. The van der Waals surface area contributed by atoms with Crippen molar-refractivity contribution < 1.29 is 0 Å². The van der Waals surface area contributed by atoms with Gasteiger partial charge in [0.15, 0.2) is 5.82 Å². The molecule has 0 amide bonds. The van der Waals surface area contributed by atoms with E-state index in [-0.39, 0.29) is 0 Å². The van der Waals surface area contributed by atoms with Crippen LogP contribution in [0.5, 0.6) is 0 Å². The molecule has 0 aliphatic carbocycles. The Hall–Kier alpha value is -0.920. The van der Waals surface area contributed by atoms with E-state index in [0.29, 0.717) is 11.9 Å². The zero-order valence-corrected chi connectivity index (χ0v) is 12.9. The number of halogens is 1. The second-order valence-corrected chi connectivity index (χ2v) is 5.19. The summed E-state index contributed by atoms with van der Waals surface area (Å²) in [6.45, 7) is 6.11. The number of nitrogen functional groups attached to an aromatic ring is 1. The summed E-state index contributed by atoms with van der Waals surface area (Å²) in [6.07, 6.45) is 1.51. The lowest BCUT2D eigenvalue weighted by Crippen LogP contribution is -2.40. The van der Waals surface area contributed by atoms with Crippen LogP contribution in [0, 0.1) is 0 Å². The van der Waals surface area contributed by atoms with Gasteiger partial charge in [-0.1, -0.05) is 0 Å². The minimum Gasteiger partial charge on any atom is -0.352 e. The second kappa shape index (κ2) is 6.86. The Bertz CT molecular complexity index is 384. The lowest BCUT2D eigenvalue weighted by atomic mass is 10.2. The number of nitrogens with two attached hydrogens (primary N) is 1. The number of aromatic nitrogens is 2. The molecule has 1 aromatic heterocycles. The molecule has 3 N–H and O–H groups in total. The number of hydrogen-bond donors (Lipinski definition) is 2. The van der Waals surface area contributed by atoms with Crippen molar-refractivity contribution in [3.05, 3.63) is 10.8 Å². The lowest BCUT2D eigenvalue weighted by Gasteiger charge is -2.31. The van der Waals surface area contributed by atoms with Gasteiger partial charge in [0.1, 0.15) is 16.6 Å². The second-order valence-electron chi connectivity index (χ2n) is 4.40. The highest BCUT2D eigenvalue weighted by atomic mass is 79.9. The predicted octanol–water partition coefficient (Wildman–Crippen LogP) is 1.30. The molecule has 1 rings (SSSR count). The summed E-state index contributed by atoms with van der Waals surface area (Å²) in [5.41, 5.74) is 2.56. The molecule has 18 heavy (non-hydrogen) atoms. The summed E-state index contributed by atoms with van der Waals surface area (Å²) in [5, 5.41) is 0. The first-order valence-corrected chi connectivity index (χ1v) is 6.69. The Morgan fingerprint density at radius 2 is 2.11 bits per heavy atom. The molecule has 1 unspecified atom stereocenters. The Morgan fingerprint density at radius 3 is 2.61 bits per heavy atom. The average Bonchev–Trinajstić information content (AvgIpc) is 2.31. The molecule has 0 fully saturated rings. The van der Waals surface area contributed by atoms with E-state index < -0.39 is 0 Å². The third kappa shape index (κ3) is 3.54. The Balaban J connectivity index is 3.01. The molecular weight excluding hydrogens is 296 g/mol. The summed E-state index contributed by atoms with van der Waals surface area (Å²) in [6, 6.07) is 0.349. The third-order valence-corrected chi connectivity index (χ3v) is 3.41. The number of rotatable bonds is 6. The van der Waals surface area contributed by atoms with Crippen molar-refractivity contribution in [3.63, 3.8) is 0 Å². The first-order valence-electron chi connectivity index (χ1n) is 5.89. The molecule has 0 bridgehead atoms. The van der Waals surface area contributed by atoms with Gasteiger partial charge < -0.3 is 15.2 Å². The molecular formula is C11H21BrN6. The molecule has 1 atom stereocenters. The lowest BCUT2D eigenvalue weighted by molar-refractivity contribution is 0.372. The van der Waals surface area contributed by atoms with E-state index in [9.17, 15) is 0 Å². The van der Waals surface area contributed by atoms with Crippen LogP contribution in [-0.2, 0) is 0 Å². The van der Waals surface area contributed by atoms with Crippen LogP contribution in [0.15, 0.2) is 10.8 Å². The van der Waals surface area contributed by atoms with Gasteiger partial charge in [-0.15, -0.1) is 0 Å². The van der Waals surface area contributed by atoms with Crippen molar-refractivity contribution in [1.82, 2.24) is 14.9 Å². The van der Waals surface area contributed by atoms with Gasteiger partial charge in [0.25, 0.3) is 0 Å². The van der Waals surface area contributed by atoms with E-state index in [1.165, 1.54) is 6.33 Å². The molecule has 0 radical (unpaired) electrons.